The van der Waals surface area contributed by atoms with Gasteiger partial charge in [0.1, 0.15) is 0 Å². The number of aliphatic carboxylic acids is 1. The van der Waals surface area contributed by atoms with Crippen LogP contribution in [0.3, 0.4) is 0 Å². The van der Waals surface area contributed by atoms with Crippen LogP contribution in [-0.2, 0) is 14.3 Å². The zero-order chi connectivity index (χ0) is 27.9. The van der Waals surface area contributed by atoms with Gasteiger partial charge in [-0.1, -0.05) is 120 Å². The topological polar surface area (TPSA) is 63.6 Å². The third-order valence-electron chi connectivity index (χ3n) is 6.87. The summed E-state index contributed by atoms with van der Waals surface area (Å²) in [5.41, 5.74) is 0. The molecular weight excluding hydrogens is 472 g/mol. The third-order valence-corrected chi connectivity index (χ3v) is 6.87. The lowest BCUT2D eigenvalue weighted by Gasteiger charge is -2.13. The van der Waals surface area contributed by atoms with E-state index in [0.717, 1.165) is 70.6 Å². The predicted molar refractivity (Wildman–Crippen MR) is 162 cm³/mol. The second-order valence-corrected chi connectivity index (χ2v) is 10.7. The molecule has 0 fully saturated rings. The Labute approximate surface area is 235 Å². The van der Waals surface area contributed by atoms with Crippen molar-refractivity contribution in [2.75, 3.05) is 0 Å². The Morgan fingerprint density at radius 1 is 0.605 bits per heavy atom. The molecule has 0 aromatic heterocycles. The number of carbonyl (C=O) groups is 2. The molecule has 4 nitrogen and oxygen atoms in total. The fraction of sp³-hybridized carbons (Fsp3) is 0.765. The number of allylic oxidation sites excluding steroid dienone is 6. The number of hydrogen-bond acceptors (Lipinski definition) is 3. The minimum atomic E-state index is -0.677. The normalized spacial score (nSPS) is 12.7. The zero-order valence-electron chi connectivity index (χ0n) is 25.0. The van der Waals surface area contributed by atoms with E-state index in [1.807, 2.05) is 6.92 Å². The van der Waals surface area contributed by atoms with Crippen LogP contribution in [0.15, 0.2) is 36.5 Å². The van der Waals surface area contributed by atoms with E-state index < -0.39 is 5.97 Å². The molecule has 0 aromatic rings. The summed E-state index contributed by atoms with van der Waals surface area (Å²) in [5, 5.41) is 8.62. The molecule has 0 spiro atoms. The minimum absolute atomic E-state index is 0.0263. The smallest absolute Gasteiger partial charge is 0.306 e. The molecular formula is C34H60O4. The van der Waals surface area contributed by atoms with E-state index in [1.165, 1.54) is 64.2 Å². The maximum absolute atomic E-state index is 12.1. The van der Waals surface area contributed by atoms with Gasteiger partial charge in [0.15, 0.2) is 0 Å². The van der Waals surface area contributed by atoms with Crippen LogP contribution < -0.4 is 0 Å². The van der Waals surface area contributed by atoms with Crippen LogP contribution in [0.4, 0.5) is 0 Å². The van der Waals surface area contributed by atoms with Gasteiger partial charge in [0.2, 0.25) is 0 Å². The lowest BCUT2D eigenvalue weighted by Crippen LogP contribution is -2.14. The van der Waals surface area contributed by atoms with Crippen molar-refractivity contribution in [2.24, 2.45) is 0 Å². The molecule has 0 aliphatic rings. The number of rotatable bonds is 28. The first-order valence-electron chi connectivity index (χ1n) is 15.9. The van der Waals surface area contributed by atoms with Crippen molar-refractivity contribution in [3.05, 3.63) is 36.5 Å². The summed E-state index contributed by atoms with van der Waals surface area (Å²) in [6.45, 7) is 4.19. The highest BCUT2D eigenvalue weighted by atomic mass is 16.5. The van der Waals surface area contributed by atoms with Crippen molar-refractivity contribution in [3.63, 3.8) is 0 Å². The molecule has 0 rings (SSSR count). The number of esters is 1. The molecule has 220 valence electrons. The van der Waals surface area contributed by atoms with Crippen molar-refractivity contribution in [3.8, 4) is 0 Å². The number of unbranched alkanes of at least 4 members (excludes halogenated alkanes) is 15. The van der Waals surface area contributed by atoms with Gasteiger partial charge in [0.25, 0.3) is 0 Å². The molecule has 0 aliphatic heterocycles. The lowest BCUT2D eigenvalue weighted by molar-refractivity contribution is -0.148. The van der Waals surface area contributed by atoms with Gasteiger partial charge in [0.05, 0.1) is 6.10 Å². The number of carbonyl (C=O) groups excluding carboxylic acids is 1. The molecule has 1 atom stereocenters. The Balaban J connectivity index is 3.39. The first-order valence-corrected chi connectivity index (χ1v) is 15.9. The van der Waals surface area contributed by atoms with Crippen molar-refractivity contribution in [2.45, 2.75) is 168 Å². The summed E-state index contributed by atoms with van der Waals surface area (Å²) >= 11 is 0. The van der Waals surface area contributed by atoms with Gasteiger partial charge in [-0.05, 0) is 64.7 Å². The van der Waals surface area contributed by atoms with Crippen LogP contribution in [0, 0.1) is 0 Å². The minimum Gasteiger partial charge on any atom is -0.481 e. The van der Waals surface area contributed by atoms with E-state index in [1.54, 1.807) is 0 Å². The van der Waals surface area contributed by atoms with Gasteiger partial charge in [-0.2, -0.15) is 0 Å². The highest BCUT2D eigenvalue weighted by molar-refractivity contribution is 5.69. The van der Waals surface area contributed by atoms with E-state index in [9.17, 15) is 9.59 Å². The monoisotopic (exact) mass is 532 g/mol. The molecule has 0 amide bonds. The lowest BCUT2D eigenvalue weighted by atomic mass is 10.0. The first-order chi connectivity index (χ1) is 18.6. The molecule has 0 heterocycles. The van der Waals surface area contributed by atoms with Crippen LogP contribution in [0.1, 0.15) is 162 Å². The fourth-order valence-electron chi connectivity index (χ4n) is 4.53. The summed E-state index contributed by atoms with van der Waals surface area (Å²) in [7, 11) is 0. The quantitative estimate of drug-likeness (QED) is 0.0618. The summed E-state index contributed by atoms with van der Waals surface area (Å²) in [6.07, 6.45) is 38.4. The van der Waals surface area contributed by atoms with Crippen molar-refractivity contribution < 1.29 is 19.4 Å². The summed E-state index contributed by atoms with van der Waals surface area (Å²) in [6, 6.07) is 0. The van der Waals surface area contributed by atoms with Crippen molar-refractivity contribution in [1.82, 2.24) is 0 Å². The summed E-state index contributed by atoms with van der Waals surface area (Å²) in [5.74, 6) is -0.703. The third kappa shape index (κ3) is 30.4. The Hall–Kier alpha value is -1.84. The van der Waals surface area contributed by atoms with Gasteiger partial charge in [0, 0.05) is 12.8 Å². The fourth-order valence-corrected chi connectivity index (χ4v) is 4.53. The summed E-state index contributed by atoms with van der Waals surface area (Å²) < 4.78 is 5.59. The van der Waals surface area contributed by atoms with E-state index >= 15 is 0 Å². The van der Waals surface area contributed by atoms with Crippen LogP contribution in [0.2, 0.25) is 0 Å². The molecule has 38 heavy (non-hydrogen) atoms. The zero-order valence-corrected chi connectivity index (χ0v) is 25.0. The second kappa shape index (κ2) is 29.7. The molecule has 0 aliphatic carbocycles. The molecule has 1 N–H and O–H groups in total. The van der Waals surface area contributed by atoms with E-state index in [0.29, 0.717) is 12.8 Å². The van der Waals surface area contributed by atoms with Crippen LogP contribution >= 0.6 is 0 Å². The molecule has 0 aromatic carbocycles. The highest BCUT2D eigenvalue weighted by Gasteiger charge is 2.09. The molecule has 0 saturated heterocycles. The largest absolute Gasteiger partial charge is 0.481 e. The molecule has 1 unspecified atom stereocenters. The predicted octanol–water partition coefficient (Wildman–Crippen LogP) is 10.7. The maximum atomic E-state index is 12.1. The number of ether oxygens (including phenoxy) is 1. The molecule has 0 bridgehead atoms. The number of carboxylic acid groups (broad SMARTS) is 1. The Kier molecular flexibility index (Phi) is 28.3. The average molecular weight is 533 g/mol. The first kappa shape index (κ1) is 36.2. The standard InChI is InChI=1S/C34H60O4/c1-3-4-5-6-7-8-9-10-11-12-16-19-22-25-28-31-34(37)38-32(2)29-26-23-20-17-14-13-15-18-21-24-27-30-33(35)36/h4-5,7-8,10-11,32H,3,6,9,12-31H2,1-2H3,(H,35,36)/b5-4-,8-7-,11-10-. The molecule has 0 radical (unpaired) electrons. The molecule has 0 saturated carbocycles. The Bertz CT molecular complexity index is 620. The van der Waals surface area contributed by atoms with Gasteiger partial charge < -0.3 is 9.84 Å². The summed E-state index contributed by atoms with van der Waals surface area (Å²) in [4.78, 5) is 22.5. The Morgan fingerprint density at radius 3 is 1.61 bits per heavy atom. The average Bonchev–Trinajstić information content (AvgIpc) is 2.88. The SMILES string of the molecule is CC/C=C\C/C=C\C/C=C\CCCCCCCC(=O)OC(C)CCCCCCCCCCCCCC(=O)O. The number of hydrogen-bond donors (Lipinski definition) is 1. The molecule has 4 heteroatoms. The van der Waals surface area contributed by atoms with E-state index in [-0.39, 0.29) is 12.1 Å². The van der Waals surface area contributed by atoms with E-state index in [4.69, 9.17) is 9.84 Å². The van der Waals surface area contributed by atoms with Gasteiger partial charge in [-0.25, -0.2) is 0 Å². The van der Waals surface area contributed by atoms with Gasteiger partial charge >= 0.3 is 11.9 Å². The highest BCUT2D eigenvalue weighted by Crippen LogP contribution is 2.14. The van der Waals surface area contributed by atoms with Crippen molar-refractivity contribution in [1.29, 1.82) is 0 Å². The Morgan fingerprint density at radius 2 is 1.05 bits per heavy atom. The maximum Gasteiger partial charge on any atom is 0.306 e. The second-order valence-electron chi connectivity index (χ2n) is 10.7. The van der Waals surface area contributed by atoms with Crippen LogP contribution in [0.25, 0.3) is 0 Å². The van der Waals surface area contributed by atoms with Crippen LogP contribution in [0.5, 0.6) is 0 Å². The van der Waals surface area contributed by atoms with Crippen molar-refractivity contribution >= 4 is 11.9 Å². The van der Waals surface area contributed by atoms with Gasteiger partial charge in [-0.15, -0.1) is 0 Å². The number of carboxylic acids is 1. The van der Waals surface area contributed by atoms with Crippen LogP contribution in [-0.4, -0.2) is 23.1 Å². The van der Waals surface area contributed by atoms with Gasteiger partial charge in [-0.3, -0.25) is 9.59 Å². The van der Waals surface area contributed by atoms with E-state index in [2.05, 4.69) is 43.4 Å².